The van der Waals surface area contributed by atoms with E-state index in [1.54, 1.807) is 0 Å². The van der Waals surface area contributed by atoms with Gasteiger partial charge in [0.15, 0.2) is 0 Å². The van der Waals surface area contributed by atoms with Crippen LogP contribution in [0.2, 0.25) is 0 Å². The van der Waals surface area contributed by atoms with Gasteiger partial charge < -0.3 is 10.0 Å². The standard InChI is InChI=1S/C14H25NO/c1-15-12-7-8-13(15)10-14(16,9-12)11-5-3-2-4-6-11/h11-13,16H,2-10H2,1H3. The first-order valence-electron chi connectivity index (χ1n) is 7.13. The van der Waals surface area contributed by atoms with Crippen molar-refractivity contribution in [3.63, 3.8) is 0 Å². The molecule has 2 heteroatoms. The summed E-state index contributed by atoms with van der Waals surface area (Å²) in [5, 5.41) is 11.0. The topological polar surface area (TPSA) is 23.5 Å². The summed E-state index contributed by atoms with van der Waals surface area (Å²) in [6.45, 7) is 0. The second-order valence-corrected chi connectivity index (χ2v) is 6.40. The SMILES string of the molecule is CN1C2CCC1CC(O)(C1CCCCC1)C2. The molecule has 1 N–H and O–H groups in total. The summed E-state index contributed by atoms with van der Waals surface area (Å²) in [4.78, 5) is 2.53. The minimum Gasteiger partial charge on any atom is -0.389 e. The van der Waals surface area contributed by atoms with E-state index in [1.165, 1.54) is 44.9 Å². The average molecular weight is 223 g/mol. The highest BCUT2D eigenvalue weighted by atomic mass is 16.3. The maximum absolute atomic E-state index is 11.0. The number of aliphatic hydroxyl groups is 1. The lowest BCUT2D eigenvalue weighted by atomic mass is 9.70. The molecule has 3 aliphatic rings. The van der Waals surface area contributed by atoms with Gasteiger partial charge in [-0.15, -0.1) is 0 Å². The lowest BCUT2D eigenvalue weighted by molar-refractivity contribution is -0.0949. The fourth-order valence-corrected chi connectivity index (χ4v) is 4.45. The van der Waals surface area contributed by atoms with Gasteiger partial charge in [-0.2, -0.15) is 0 Å². The van der Waals surface area contributed by atoms with Gasteiger partial charge in [0.1, 0.15) is 0 Å². The Balaban J connectivity index is 1.74. The molecule has 2 nitrogen and oxygen atoms in total. The summed E-state index contributed by atoms with van der Waals surface area (Å²) in [5.74, 6) is 0.609. The molecule has 2 saturated heterocycles. The van der Waals surface area contributed by atoms with Crippen LogP contribution in [-0.4, -0.2) is 34.7 Å². The Morgan fingerprint density at radius 1 is 0.938 bits per heavy atom. The van der Waals surface area contributed by atoms with Crippen LogP contribution >= 0.6 is 0 Å². The lowest BCUT2D eigenvalue weighted by Gasteiger charge is -2.47. The summed E-state index contributed by atoms with van der Waals surface area (Å²) in [6, 6.07) is 1.34. The third-order valence-corrected chi connectivity index (χ3v) is 5.53. The summed E-state index contributed by atoms with van der Waals surface area (Å²) >= 11 is 0. The molecule has 3 fully saturated rings. The Morgan fingerprint density at radius 2 is 1.50 bits per heavy atom. The maximum Gasteiger partial charge on any atom is 0.0705 e. The molecule has 0 spiro atoms. The zero-order valence-electron chi connectivity index (χ0n) is 10.5. The van der Waals surface area contributed by atoms with Crippen molar-refractivity contribution in [2.45, 2.75) is 75.5 Å². The molecule has 2 aliphatic heterocycles. The van der Waals surface area contributed by atoms with E-state index in [0.717, 1.165) is 12.8 Å². The highest BCUT2D eigenvalue weighted by molar-refractivity contribution is 5.03. The second kappa shape index (κ2) is 3.99. The highest BCUT2D eigenvalue weighted by Gasteiger charge is 2.49. The molecular weight excluding hydrogens is 198 g/mol. The molecule has 0 radical (unpaired) electrons. The molecule has 1 aliphatic carbocycles. The minimum atomic E-state index is -0.307. The first kappa shape index (κ1) is 11.0. The largest absolute Gasteiger partial charge is 0.389 e. The molecule has 92 valence electrons. The van der Waals surface area contributed by atoms with Crippen molar-refractivity contribution >= 4 is 0 Å². The molecule has 0 aromatic rings. The molecule has 0 aromatic heterocycles. The number of rotatable bonds is 1. The molecule has 16 heavy (non-hydrogen) atoms. The molecular formula is C14H25NO. The van der Waals surface area contributed by atoms with Gasteiger partial charge in [0.25, 0.3) is 0 Å². The van der Waals surface area contributed by atoms with Gasteiger partial charge in [0.2, 0.25) is 0 Å². The fourth-order valence-electron chi connectivity index (χ4n) is 4.45. The normalized spacial score (nSPS) is 46.1. The zero-order chi connectivity index (χ0) is 11.2. The van der Waals surface area contributed by atoms with Gasteiger partial charge in [0.05, 0.1) is 5.60 Å². The molecule has 1 saturated carbocycles. The van der Waals surface area contributed by atoms with Crippen LogP contribution in [-0.2, 0) is 0 Å². The van der Waals surface area contributed by atoms with Crippen LogP contribution in [0.15, 0.2) is 0 Å². The van der Waals surface area contributed by atoms with E-state index >= 15 is 0 Å². The molecule has 2 unspecified atom stereocenters. The van der Waals surface area contributed by atoms with Crippen molar-refractivity contribution in [3.05, 3.63) is 0 Å². The quantitative estimate of drug-likeness (QED) is 0.738. The average Bonchev–Trinajstić information content (AvgIpc) is 2.54. The van der Waals surface area contributed by atoms with E-state index in [9.17, 15) is 5.11 Å². The Bertz CT molecular complexity index is 245. The minimum absolute atomic E-state index is 0.307. The Labute approximate surface area is 99.0 Å². The predicted octanol–water partition coefficient (Wildman–Crippen LogP) is 2.55. The van der Waals surface area contributed by atoms with Gasteiger partial charge in [-0.25, -0.2) is 0 Å². The van der Waals surface area contributed by atoms with E-state index in [4.69, 9.17) is 0 Å². The Kier molecular flexibility index (Phi) is 2.75. The summed E-state index contributed by atoms with van der Waals surface area (Å²) in [6.07, 6.45) is 11.4. The van der Waals surface area contributed by atoms with Crippen LogP contribution in [0.1, 0.15) is 57.8 Å². The van der Waals surface area contributed by atoms with E-state index in [-0.39, 0.29) is 5.60 Å². The number of fused-ring (bicyclic) bond motifs is 2. The smallest absolute Gasteiger partial charge is 0.0705 e. The monoisotopic (exact) mass is 223 g/mol. The Hall–Kier alpha value is -0.0800. The van der Waals surface area contributed by atoms with Crippen molar-refractivity contribution in [2.75, 3.05) is 7.05 Å². The third-order valence-electron chi connectivity index (χ3n) is 5.53. The molecule has 2 bridgehead atoms. The van der Waals surface area contributed by atoms with Crippen molar-refractivity contribution in [1.29, 1.82) is 0 Å². The van der Waals surface area contributed by atoms with Crippen molar-refractivity contribution in [1.82, 2.24) is 4.90 Å². The van der Waals surface area contributed by atoms with Crippen LogP contribution in [0.4, 0.5) is 0 Å². The van der Waals surface area contributed by atoms with Crippen LogP contribution in [0.3, 0.4) is 0 Å². The molecule has 2 heterocycles. The maximum atomic E-state index is 11.0. The second-order valence-electron chi connectivity index (χ2n) is 6.40. The van der Waals surface area contributed by atoms with Gasteiger partial charge in [-0.3, -0.25) is 0 Å². The first-order chi connectivity index (χ1) is 7.69. The first-order valence-corrected chi connectivity index (χ1v) is 7.13. The number of piperidine rings is 1. The van der Waals surface area contributed by atoms with Crippen LogP contribution in [0.5, 0.6) is 0 Å². The van der Waals surface area contributed by atoms with Crippen LogP contribution in [0.25, 0.3) is 0 Å². The van der Waals surface area contributed by atoms with E-state index in [1.807, 2.05) is 0 Å². The Morgan fingerprint density at radius 3 is 2.06 bits per heavy atom. The number of hydrogen-bond donors (Lipinski definition) is 1. The van der Waals surface area contributed by atoms with Gasteiger partial charge in [-0.1, -0.05) is 19.3 Å². The summed E-state index contributed by atoms with van der Waals surface area (Å²) in [7, 11) is 2.25. The third kappa shape index (κ3) is 1.70. The van der Waals surface area contributed by atoms with E-state index in [0.29, 0.717) is 18.0 Å². The number of hydrogen-bond acceptors (Lipinski definition) is 2. The van der Waals surface area contributed by atoms with Gasteiger partial charge in [0, 0.05) is 12.1 Å². The van der Waals surface area contributed by atoms with Crippen molar-refractivity contribution in [3.8, 4) is 0 Å². The molecule has 0 aromatic carbocycles. The van der Waals surface area contributed by atoms with E-state index < -0.39 is 0 Å². The van der Waals surface area contributed by atoms with Crippen molar-refractivity contribution in [2.24, 2.45) is 5.92 Å². The lowest BCUT2D eigenvalue weighted by Crippen LogP contribution is -2.53. The molecule has 2 atom stereocenters. The fraction of sp³-hybridized carbons (Fsp3) is 1.00. The van der Waals surface area contributed by atoms with Gasteiger partial charge in [-0.05, 0) is 51.5 Å². The van der Waals surface area contributed by atoms with Crippen LogP contribution < -0.4 is 0 Å². The summed E-state index contributed by atoms with van der Waals surface area (Å²) in [5.41, 5.74) is -0.307. The predicted molar refractivity (Wildman–Crippen MR) is 65.3 cm³/mol. The molecule has 3 rings (SSSR count). The van der Waals surface area contributed by atoms with Gasteiger partial charge >= 0.3 is 0 Å². The molecule has 0 amide bonds. The summed E-state index contributed by atoms with van der Waals surface area (Å²) < 4.78 is 0. The zero-order valence-corrected chi connectivity index (χ0v) is 10.5. The highest BCUT2D eigenvalue weighted by Crippen LogP contribution is 2.46. The van der Waals surface area contributed by atoms with Crippen molar-refractivity contribution < 1.29 is 5.11 Å². The van der Waals surface area contributed by atoms with Crippen LogP contribution in [0, 0.1) is 5.92 Å². The van der Waals surface area contributed by atoms with E-state index in [2.05, 4.69) is 11.9 Å². The number of nitrogens with zero attached hydrogens (tertiary/aromatic N) is 1.